The molecule has 0 radical (unpaired) electrons. The fourth-order valence-electron chi connectivity index (χ4n) is 1.11. The van der Waals surface area contributed by atoms with Gasteiger partial charge in [-0.15, -0.1) is 0 Å². The summed E-state index contributed by atoms with van der Waals surface area (Å²) in [5, 5.41) is 10.4. The number of ketones is 1. The van der Waals surface area contributed by atoms with Crippen LogP contribution in [0.25, 0.3) is 0 Å². The summed E-state index contributed by atoms with van der Waals surface area (Å²) in [6.07, 6.45) is 0.335. The van der Waals surface area contributed by atoms with Gasteiger partial charge in [-0.2, -0.15) is 0 Å². The molecule has 0 atom stereocenters. The minimum Gasteiger partial charge on any atom is -0.398 e. The molecule has 1 aromatic rings. The Balaban J connectivity index is 3.14. The van der Waals surface area contributed by atoms with Crippen molar-refractivity contribution in [3.8, 4) is 0 Å². The Bertz CT molecular complexity index is 388. The van der Waals surface area contributed by atoms with Gasteiger partial charge in [0.05, 0.1) is 4.92 Å². The molecule has 0 fully saturated rings. The van der Waals surface area contributed by atoms with Crippen molar-refractivity contribution in [3.63, 3.8) is 0 Å². The van der Waals surface area contributed by atoms with Gasteiger partial charge in [0.25, 0.3) is 5.69 Å². The number of carbonyl (C=O) groups is 1. The first-order chi connectivity index (χ1) is 6.56. The summed E-state index contributed by atoms with van der Waals surface area (Å²) in [5.41, 5.74) is 5.91. The third-order valence-corrected chi connectivity index (χ3v) is 1.87. The van der Waals surface area contributed by atoms with Gasteiger partial charge in [-0.1, -0.05) is 6.92 Å². The Hall–Kier alpha value is -1.91. The second-order valence-corrected chi connectivity index (χ2v) is 2.81. The first-order valence-corrected chi connectivity index (χ1v) is 4.13. The van der Waals surface area contributed by atoms with Crippen LogP contribution in [0.2, 0.25) is 0 Å². The van der Waals surface area contributed by atoms with Crippen LogP contribution < -0.4 is 5.73 Å². The lowest BCUT2D eigenvalue weighted by atomic mass is 10.1. The monoisotopic (exact) mass is 194 g/mol. The molecule has 1 aromatic carbocycles. The number of Topliss-reactive ketones (excluding diaryl/α,β-unsaturated/α-hetero) is 1. The Morgan fingerprint density at radius 1 is 1.57 bits per heavy atom. The molecule has 0 unspecified atom stereocenters. The SMILES string of the molecule is CCC(=O)c1ccc([N+](=O)[O-])cc1N. The summed E-state index contributed by atoms with van der Waals surface area (Å²) in [6.45, 7) is 1.71. The smallest absolute Gasteiger partial charge is 0.271 e. The van der Waals surface area contributed by atoms with Crippen molar-refractivity contribution in [2.24, 2.45) is 0 Å². The lowest BCUT2D eigenvalue weighted by molar-refractivity contribution is -0.384. The summed E-state index contributed by atoms with van der Waals surface area (Å²) in [7, 11) is 0. The maximum Gasteiger partial charge on any atom is 0.271 e. The third kappa shape index (κ3) is 1.87. The van der Waals surface area contributed by atoms with E-state index < -0.39 is 4.92 Å². The molecule has 0 spiro atoms. The lowest BCUT2D eigenvalue weighted by Gasteiger charge is -2.01. The van der Waals surface area contributed by atoms with Crippen molar-refractivity contribution >= 4 is 17.2 Å². The van der Waals surface area contributed by atoms with E-state index in [1.807, 2.05) is 0 Å². The molecule has 14 heavy (non-hydrogen) atoms. The quantitative estimate of drug-likeness (QED) is 0.344. The van der Waals surface area contributed by atoms with Crippen LogP contribution in [0.5, 0.6) is 0 Å². The summed E-state index contributed by atoms with van der Waals surface area (Å²) >= 11 is 0. The number of rotatable bonds is 3. The molecule has 5 heteroatoms. The van der Waals surface area contributed by atoms with Crippen molar-refractivity contribution in [2.45, 2.75) is 13.3 Å². The number of hydrogen-bond acceptors (Lipinski definition) is 4. The fourth-order valence-corrected chi connectivity index (χ4v) is 1.11. The normalized spacial score (nSPS) is 9.79. The van der Waals surface area contributed by atoms with E-state index in [1.165, 1.54) is 18.2 Å². The van der Waals surface area contributed by atoms with Crippen molar-refractivity contribution in [1.82, 2.24) is 0 Å². The number of non-ortho nitro benzene ring substituents is 1. The van der Waals surface area contributed by atoms with Gasteiger partial charge in [0, 0.05) is 29.8 Å². The van der Waals surface area contributed by atoms with Gasteiger partial charge in [0.1, 0.15) is 0 Å². The number of hydrogen-bond donors (Lipinski definition) is 1. The van der Waals surface area contributed by atoms with E-state index in [2.05, 4.69) is 0 Å². The minimum atomic E-state index is -0.545. The molecule has 0 aliphatic heterocycles. The molecule has 0 bridgehead atoms. The Labute approximate surface area is 80.7 Å². The third-order valence-electron chi connectivity index (χ3n) is 1.87. The number of nitro groups is 1. The summed E-state index contributed by atoms with van der Waals surface area (Å²) < 4.78 is 0. The van der Waals surface area contributed by atoms with Crippen LogP contribution in [0.4, 0.5) is 11.4 Å². The molecule has 0 saturated heterocycles. The largest absolute Gasteiger partial charge is 0.398 e. The highest BCUT2D eigenvalue weighted by Crippen LogP contribution is 2.20. The average molecular weight is 194 g/mol. The number of nitrogen functional groups attached to an aromatic ring is 1. The van der Waals surface area contributed by atoms with Crippen LogP contribution in [-0.2, 0) is 0 Å². The Kier molecular flexibility index (Phi) is 2.81. The van der Waals surface area contributed by atoms with Gasteiger partial charge < -0.3 is 5.73 Å². The number of nitro benzene ring substituents is 1. The van der Waals surface area contributed by atoms with Crippen molar-refractivity contribution in [1.29, 1.82) is 0 Å². The first kappa shape index (κ1) is 10.2. The second-order valence-electron chi connectivity index (χ2n) is 2.81. The van der Waals surface area contributed by atoms with Crippen LogP contribution in [-0.4, -0.2) is 10.7 Å². The minimum absolute atomic E-state index is 0.102. The number of nitrogens with zero attached hydrogens (tertiary/aromatic N) is 1. The molecule has 2 N–H and O–H groups in total. The van der Waals surface area contributed by atoms with Gasteiger partial charge in [-0.25, -0.2) is 0 Å². The fraction of sp³-hybridized carbons (Fsp3) is 0.222. The molecule has 0 aliphatic carbocycles. The topological polar surface area (TPSA) is 86.2 Å². The van der Waals surface area contributed by atoms with Gasteiger partial charge >= 0.3 is 0 Å². The zero-order chi connectivity index (χ0) is 10.7. The molecule has 1 rings (SSSR count). The number of nitrogens with two attached hydrogens (primary N) is 1. The molecule has 0 saturated carbocycles. The maximum absolute atomic E-state index is 11.3. The van der Waals surface area contributed by atoms with Crippen LogP contribution in [0.1, 0.15) is 23.7 Å². The van der Waals surface area contributed by atoms with E-state index in [-0.39, 0.29) is 17.2 Å². The molecular weight excluding hydrogens is 184 g/mol. The number of benzene rings is 1. The molecule has 0 heterocycles. The summed E-state index contributed by atoms with van der Waals surface area (Å²) in [5.74, 6) is -0.114. The van der Waals surface area contributed by atoms with Crippen LogP contribution >= 0.6 is 0 Å². The van der Waals surface area contributed by atoms with Crippen LogP contribution in [0.3, 0.4) is 0 Å². The molecule has 0 aromatic heterocycles. The van der Waals surface area contributed by atoms with Crippen LogP contribution in [0, 0.1) is 10.1 Å². The van der Waals surface area contributed by atoms with Gasteiger partial charge in [-0.05, 0) is 6.07 Å². The van der Waals surface area contributed by atoms with Crippen molar-refractivity contribution in [2.75, 3.05) is 5.73 Å². The van der Waals surface area contributed by atoms with Crippen molar-refractivity contribution < 1.29 is 9.72 Å². The highest BCUT2D eigenvalue weighted by atomic mass is 16.6. The zero-order valence-corrected chi connectivity index (χ0v) is 7.69. The summed E-state index contributed by atoms with van der Waals surface area (Å²) in [4.78, 5) is 21.1. The predicted molar refractivity (Wildman–Crippen MR) is 52.1 cm³/mol. The average Bonchev–Trinajstić information content (AvgIpc) is 2.16. The van der Waals surface area contributed by atoms with Gasteiger partial charge in [0.2, 0.25) is 0 Å². The standard InChI is InChI=1S/C9H10N2O3/c1-2-9(12)7-4-3-6(11(13)14)5-8(7)10/h3-5H,2,10H2,1H3. The van der Waals surface area contributed by atoms with E-state index in [4.69, 9.17) is 5.73 Å². The maximum atomic E-state index is 11.3. The van der Waals surface area contributed by atoms with Gasteiger partial charge in [-0.3, -0.25) is 14.9 Å². The lowest BCUT2D eigenvalue weighted by Crippen LogP contribution is -2.02. The number of anilines is 1. The Morgan fingerprint density at radius 3 is 2.64 bits per heavy atom. The van der Waals surface area contributed by atoms with E-state index >= 15 is 0 Å². The van der Waals surface area contributed by atoms with E-state index in [0.717, 1.165) is 0 Å². The molecule has 0 amide bonds. The molecular formula is C9H10N2O3. The molecule has 74 valence electrons. The van der Waals surface area contributed by atoms with Gasteiger partial charge in [0.15, 0.2) is 5.78 Å². The van der Waals surface area contributed by atoms with Crippen LogP contribution in [0.15, 0.2) is 18.2 Å². The predicted octanol–water partition coefficient (Wildman–Crippen LogP) is 1.77. The molecule has 0 aliphatic rings. The van der Waals surface area contributed by atoms with E-state index in [9.17, 15) is 14.9 Å². The highest BCUT2D eigenvalue weighted by Gasteiger charge is 2.12. The Morgan fingerprint density at radius 2 is 2.21 bits per heavy atom. The summed E-state index contributed by atoms with van der Waals surface area (Å²) in [6, 6.07) is 3.86. The highest BCUT2D eigenvalue weighted by molar-refractivity contribution is 6.00. The second kappa shape index (κ2) is 3.87. The molecule has 5 nitrogen and oxygen atoms in total. The van der Waals surface area contributed by atoms with Crippen molar-refractivity contribution in [3.05, 3.63) is 33.9 Å². The zero-order valence-electron chi connectivity index (χ0n) is 7.69. The first-order valence-electron chi connectivity index (χ1n) is 4.13. The van der Waals surface area contributed by atoms with E-state index in [1.54, 1.807) is 6.92 Å². The van der Waals surface area contributed by atoms with E-state index in [0.29, 0.717) is 12.0 Å². The number of carbonyl (C=O) groups excluding carboxylic acids is 1.